The zero-order chi connectivity index (χ0) is 6.69. The quantitative estimate of drug-likeness (QED) is 0.560. The summed E-state index contributed by atoms with van der Waals surface area (Å²) in [5.41, 5.74) is 5.53. The first kappa shape index (κ1) is 6.01. The molecule has 1 aromatic rings. The van der Waals surface area contributed by atoms with E-state index in [1.54, 1.807) is 25.0 Å². The predicted molar refractivity (Wildman–Crippen MR) is 36.3 cm³/mol. The molecule has 0 aliphatic heterocycles. The fraction of sp³-hybridized carbons (Fsp3) is 0. The molecule has 2 nitrogen and oxygen atoms in total. The minimum atomic E-state index is -0.379. The number of carbonyl (C=O) groups excluding carboxylic acids is 1. The van der Waals surface area contributed by atoms with Gasteiger partial charge in [-0.3, -0.25) is 0 Å². The number of carbonyl (C=O) groups is 1. The number of primary amides is 1. The average molecular weight is 119 g/mol. The van der Waals surface area contributed by atoms with Gasteiger partial charge in [-0.2, -0.15) is 0 Å². The molecule has 0 aromatic carbocycles. The normalized spacial score (nSPS) is 8.44. The van der Waals surface area contributed by atoms with Crippen molar-refractivity contribution in [3.63, 3.8) is 0 Å². The van der Waals surface area contributed by atoms with Gasteiger partial charge in [0.05, 0.1) is 0 Å². The van der Waals surface area contributed by atoms with Crippen molar-refractivity contribution in [2.24, 2.45) is 5.73 Å². The van der Waals surface area contributed by atoms with Crippen LogP contribution in [-0.4, -0.2) is 12.8 Å². The van der Waals surface area contributed by atoms with Gasteiger partial charge in [0.1, 0.15) is 0 Å². The zero-order valence-electron chi connectivity index (χ0n) is 4.87. The van der Waals surface area contributed by atoms with Crippen LogP contribution in [0.15, 0.2) is 24.1 Å². The minimum absolute atomic E-state index is 0.379. The van der Waals surface area contributed by atoms with Crippen molar-refractivity contribution in [1.29, 1.82) is 0 Å². The van der Waals surface area contributed by atoms with Crippen molar-refractivity contribution in [2.45, 2.75) is 0 Å². The van der Waals surface area contributed by atoms with E-state index in [2.05, 4.69) is 0 Å². The van der Waals surface area contributed by atoms with E-state index in [0.29, 0.717) is 5.56 Å². The number of hydrogen-bond donors (Lipinski definition) is 1. The van der Waals surface area contributed by atoms with Gasteiger partial charge >= 0.3 is 53.0 Å². The second-order valence-corrected chi connectivity index (χ2v) is 1.73. The van der Waals surface area contributed by atoms with E-state index in [0.717, 1.165) is 0 Å². The summed E-state index contributed by atoms with van der Waals surface area (Å²) in [5, 5.41) is 0. The first-order valence-corrected chi connectivity index (χ1v) is 2.65. The SMILES string of the molecule is NC(=O)c1cbccc1. The number of rotatable bonds is 1. The van der Waals surface area contributed by atoms with Crippen molar-refractivity contribution in [2.75, 3.05) is 0 Å². The molecule has 0 atom stereocenters. The van der Waals surface area contributed by atoms with Crippen LogP contribution in [0.5, 0.6) is 0 Å². The summed E-state index contributed by atoms with van der Waals surface area (Å²) in [6.45, 7) is 1.78. The Bertz CT molecular complexity index is 210. The Morgan fingerprint density at radius 1 is 1.67 bits per heavy atom. The van der Waals surface area contributed by atoms with E-state index < -0.39 is 0 Å². The third-order valence-corrected chi connectivity index (χ3v) is 1.06. The van der Waals surface area contributed by atoms with Crippen LogP contribution < -0.4 is 5.73 Å². The van der Waals surface area contributed by atoms with Gasteiger partial charge in [0.2, 0.25) is 0 Å². The van der Waals surface area contributed by atoms with E-state index in [4.69, 9.17) is 5.73 Å². The molecule has 0 fully saturated rings. The molecule has 0 saturated carbocycles. The molecule has 1 rings (SSSR count). The molecule has 0 saturated heterocycles. The van der Waals surface area contributed by atoms with Crippen molar-refractivity contribution in [3.8, 4) is 0 Å². The molecular formula is C6H6BNO. The molecule has 0 aliphatic carbocycles. The molecule has 9 heavy (non-hydrogen) atoms. The van der Waals surface area contributed by atoms with Crippen molar-refractivity contribution in [1.82, 2.24) is 0 Å². The molecule has 2 N–H and O–H groups in total. The van der Waals surface area contributed by atoms with Gasteiger partial charge < -0.3 is 0 Å². The standard InChI is InChI=1S/C6H6BNO/c8-6(9)5-2-1-3-7-4-5/h1-4H,(H2,8,9). The molecule has 3 heteroatoms. The molecule has 0 bridgehead atoms. The Kier molecular flexibility index (Phi) is 1.63. The molecule has 0 aliphatic rings. The van der Waals surface area contributed by atoms with E-state index in [1.165, 1.54) is 0 Å². The molecule has 44 valence electrons. The molecule has 0 radical (unpaired) electrons. The van der Waals surface area contributed by atoms with Crippen LogP contribution in [0.3, 0.4) is 0 Å². The monoisotopic (exact) mass is 119 g/mol. The summed E-state index contributed by atoms with van der Waals surface area (Å²) < 4.78 is 0. The van der Waals surface area contributed by atoms with Crippen LogP contribution in [0.2, 0.25) is 0 Å². The average Bonchev–Trinajstić information content (AvgIpc) is 1.90. The summed E-state index contributed by atoms with van der Waals surface area (Å²) in [7, 11) is 0. The van der Waals surface area contributed by atoms with E-state index in [9.17, 15) is 4.79 Å². The third-order valence-electron chi connectivity index (χ3n) is 1.06. The zero-order valence-corrected chi connectivity index (χ0v) is 4.87. The van der Waals surface area contributed by atoms with E-state index in [-0.39, 0.29) is 5.91 Å². The van der Waals surface area contributed by atoms with Gasteiger partial charge in [-0.25, -0.2) is 0 Å². The first-order valence-electron chi connectivity index (χ1n) is 2.65. The summed E-state index contributed by atoms with van der Waals surface area (Å²) in [4.78, 5) is 10.4. The third kappa shape index (κ3) is 1.39. The Morgan fingerprint density at radius 3 is 2.78 bits per heavy atom. The Hall–Kier alpha value is -1.12. The molecular weight excluding hydrogens is 113 g/mol. The van der Waals surface area contributed by atoms with Crippen molar-refractivity contribution >= 4 is 12.8 Å². The van der Waals surface area contributed by atoms with Gasteiger partial charge in [-0.15, -0.1) is 0 Å². The van der Waals surface area contributed by atoms with Crippen molar-refractivity contribution in [3.05, 3.63) is 29.6 Å². The predicted octanol–water partition coefficient (Wildman–Crippen LogP) is 0.124. The molecule has 0 unspecified atom stereocenters. The molecule has 1 heterocycles. The Balaban J connectivity index is 2.98. The van der Waals surface area contributed by atoms with Crippen LogP contribution in [0.25, 0.3) is 0 Å². The second-order valence-electron chi connectivity index (χ2n) is 1.73. The molecule has 0 spiro atoms. The van der Waals surface area contributed by atoms with Crippen LogP contribution >= 0.6 is 0 Å². The fourth-order valence-electron chi connectivity index (χ4n) is 0.602. The maximum absolute atomic E-state index is 10.4. The van der Waals surface area contributed by atoms with Crippen LogP contribution in [0.4, 0.5) is 0 Å². The topological polar surface area (TPSA) is 43.1 Å². The molecule has 1 amide bonds. The second kappa shape index (κ2) is 2.44. The Morgan fingerprint density at radius 2 is 2.44 bits per heavy atom. The van der Waals surface area contributed by atoms with Gasteiger partial charge in [0.15, 0.2) is 0 Å². The van der Waals surface area contributed by atoms with Crippen molar-refractivity contribution < 1.29 is 4.79 Å². The molecule has 1 aromatic heterocycles. The van der Waals surface area contributed by atoms with Gasteiger partial charge in [-0.05, 0) is 0 Å². The Labute approximate surface area is 53.9 Å². The first-order chi connectivity index (χ1) is 4.30. The van der Waals surface area contributed by atoms with Gasteiger partial charge in [0.25, 0.3) is 0 Å². The summed E-state index contributed by atoms with van der Waals surface area (Å²) in [5.74, 6) is 3.14. The van der Waals surface area contributed by atoms with Gasteiger partial charge in [-0.1, -0.05) is 0 Å². The summed E-state index contributed by atoms with van der Waals surface area (Å²) in [6.07, 6.45) is 0. The van der Waals surface area contributed by atoms with E-state index in [1.807, 2.05) is 5.96 Å². The maximum atomic E-state index is 10.4. The fourth-order valence-corrected chi connectivity index (χ4v) is 0.602. The summed E-state index contributed by atoms with van der Waals surface area (Å²) in [6, 6.07) is 3.46. The number of amides is 1. The van der Waals surface area contributed by atoms with Crippen LogP contribution in [0.1, 0.15) is 10.4 Å². The van der Waals surface area contributed by atoms with E-state index >= 15 is 0 Å². The van der Waals surface area contributed by atoms with Crippen LogP contribution in [-0.2, 0) is 0 Å². The summed E-state index contributed by atoms with van der Waals surface area (Å²) >= 11 is 0. The van der Waals surface area contributed by atoms with Crippen LogP contribution in [0, 0.1) is 0 Å². The van der Waals surface area contributed by atoms with Gasteiger partial charge in [0, 0.05) is 0 Å². The number of nitrogens with two attached hydrogens (primary N) is 1. The number of hydrogen-bond acceptors (Lipinski definition) is 1.